The number of nitrogens with one attached hydrogen (secondary N) is 2. The van der Waals surface area contributed by atoms with Crippen molar-refractivity contribution in [3.05, 3.63) is 17.7 Å². The first-order valence-electron chi connectivity index (χ1n) is 5.60. The summed E-state index contributed by atoms with van der Waals surface area (Å²) in [5.74, 6) is 0.399. The van der Waals surface area contributed by atoms with Gasteiger partial charge in [0.15, 0.2) is 0 Å². The number of ether oxygens (including phenoxy) is 1. The van der Waals surface area contributed by atoms with Gasteiger partial charge in [0.25, 0.3) is 0 Å². The maximum absolute atomic E-state index is 12.7. The van der Waals surface area contributed by atoms with Gasteiger partial charge in [0, 0.05) is 13.7 Å². The first-order chi connectivity index (χ1) is 8.49. The molecule has 0 aliphatic carbocycles. The molecule has 18 heavy (non-hydrogen) atoms. The Balaban J connectivity index is 2.23. The molecule has 1 aromatic rings. The van der Waals surface area contributed by atoms with E-state index in [1.165, 1.54) is 7.05 Å². The van der Waals surface area contributed by atoms with Gasteiger partial charge in [-0.2, -0.15) is 13.2 Å². The molecule has 0 spiro atoms. The van der Waals surface area contributed by atoms with Gasteiger partial charge in [-0.1, -0.05) is 0 Å². The van der Waals surface area contributed by atoms with E-state index in [2.05, 4.69) is 15.6 Å². The van der Waals surface area contributed by atoms with Crippen LogP contribution in [0, 0.1) is 0 Å². The smallest absolute Gasteiger partial charge is 0.379 e. The van der Waals surface area contributed by atoms with E-state index in [0.29, 0.717) is 13.2 Å². The highest BCUT2D eigenvalue weighted by Gasteiger charge is 2.32. The predicted octanol–water partition coefficient (Wildman–Crippen LogP) is 2.34. The zero-order chi connectivity index (χ0) is 13.2. The molecule has 0 saturated carbocycles. The van der Waals surface area contributed by atoms with Crippen molar-refractivity contribution in [1.82, 2.24) is 4.98 Å². The Morgan fingerprint density at radius 2 is 2.06 bits per heavy atom. The molecule has 7 heteroatoms. The maximum Gasteiger partial charge on any atom is 0.416 e. The SMILES string of the molecule is CNc1cc(C(F)(F)F)cc(NC2CCOC2)n1. The molecule has 0 aromatic carbocycles. The van der Waals surface area contributed by atoms with Crippen molar-refractivity contribution in [2.24, 2.45) is 0 Å². The highest BCUT2D eigenvalue weighted by atomic mass is 19.4. The summed E-state index contributed by atoms with van der Waals surface area (Å²) >= 11 is 0. The van der Waals surface area contributed by atoms with E-state index in [-0.39, 0.29) is 17.7 Å². The van der Waals surface area contributed by atoms with Crippen LogP contribution < -0.4 is 10.6 Å². The van der Waals surface area contributed by atoms with E-state index in [1.807, 2.05) is 0 Å². The number of rotatable bonds is 3. The normalized spacial score (nSPS) is 19.9. The molecule has 4 nitrogen and oxygen atoms in total. The van der Waals surface area contributed by atoms with Crippen LogP contribution in [0.2, 0.25) is 0 Å². The van der Waals surface area contributed by atoms with Crippen molar-refractivity contribution in [3.8, 4) is 0 Å². The minimum atomic E-state index is -4.38. The van der Waals surface area contributed by atoms with Gasteiger partial charge in [-0.25, -0.2) is 4.98 Å². The van der Waals surface area contributed by atoms with Crippen molar-refractivity contribution in [1.29, 1.82) is 0 Å². The van der Waals surface area contributed by atoms with E-state index in [1.54, 1.807) is 0 Å². The average Bonchev–Trinajstić information content (AvgIpc) is 2.80. The van der Waals surface area contributed by atoms with Gasteiger partial charge in [-0.05, 0) is 18.6 Å². The number of hydrogen-bond donors (Lipinski definition) is 2. The van der Waals surface area contributed by atoms with E-state index in [4.69, 9.17) is 4.74 Å². The fourth-order valence-electron chi connectivity index (χ4n) is 1.75. The van der Waals surface area contributed by atoms with Gasteiger partial charge >= 0.3 is 6.18 Å². The largest absolute Gasteiger partial charge is 0.416 e. The quantitative estimate of drug-likeness (QED) is 0.876. The summed E-state index contributed by atoms with van der Waals surface area (Å²) in [7, 11) is 1.53. The third-order valence-electron chi connectivity index (χ3n) is 2.69. The Kier molecular flexibility index (Phi) is 3.60. The second-order valence-corrected chi connectivity index (χ2v) is 4.08. The minimum absolute atomic E-state index is 0.0192. The van der Waals surface area contributed by atoms with Crippen molar-refractivity contribution < 1.29 is 17.9 Å². The first kappa shape index (κ1) is 12.9. The zero-order valence-corrected chi connectivity index (χ0v) is 9.84. The number of alkyl halides is 3. The summed E-state index contributed by atoms with van der Waals surface area (Å²) in [6, 6.07) is 2.01. The van der Waals surface area contributed by atoms with Crippen molar-refractivity contribution in [2.75, 3.05) is 30.9 Å². The van der Waals surface area contributed by atoms with Crippen molar-refractivity contribution in [2.45, 2.75) is 18.6 Å². The Bertz CT molecular complexity index is 416. The molecule has 1 fully saturated rings. The molecule has 2 rings (SSSR count). The minimum Gasteiger partial charge on any atom is -0.379 e. The molecule has 0 bridgehead atoms. The summed E-state index contributed by atoms with van der Waals surface area (Å²) < 4.78 is 43.2. The summed E-state index contributed by atoms with van der Waals surface area (Å²) in [6.07, 6.45) is -3.61. The number of halogens is 3. The van der Waals surface area contributed by atoms with E-state index < -0.39 is 11.7 Å². The fourth-order valence-corrected chi connectivity index (χ4v) is 1.75. The molecular weight excluding hydrogens is 247 g/mol. The van der Waals surface area contributed by atoms with Gasteiger partial charge in [0.05, 0.1) is 18.2 Å². The van der Waals surface area contributed by atoms with E-state index in [9.17, 15) is 13.2 Å². The van der Waals surface area contributed by atoms with Crippen LogP contribution in [0.5, 0.6) is 0 Å². The number of hydrogen-bond acceptors (Lipinski definition) is 4. The third-order valence-corrected chi connectivity index (χ3v) is 2.69. The second-order valence-electron chi connectivity index (χ2n) is 4.08. The summed E-state index contributed by atoms with van der Waals surface area (Å²) in [6.45, 7) is 1.11. The van der Waals surface area contributed by atoms with Crippen LogP contribution in [-0.2, 0) is 10.9 Å². The van der Waals surface area contributed by atoms with Gasteiger partial charge in [-0.3, -0.25) is 0 Å². The molecule has 1 saturated heterocycles. The molecule has 0 radical (unpaired) electrons. The summed E-state index contributed by atoms with van der Waals surface area (Å²) in [4.78, 5) is 4.05. The third kappa shape index (κ3) is 3.04. The molecule has 1 aliphatic heterocycles. The molecule has 1 unspecified atom stereocenters. The Morgan fingerprint density at radius 1 is 1.33 bits per heavy atom. The Hall–Kier alpha value is -1.50. The van der Waals surface area contributed by atoms with Gasteiger partial charge in [0.1, 0.15) is 11.6 Å². The van der Waals surface area contributed by atoms with Crippen LogP contribution >= 0.6 is 0 Å². The van der Waals surface area contributed by atoms with Crippen molar-refractivity contribution >= 4 is 11.6 Å². The standard InChI is InChI=1S/C11H14F3N3O/c1-15-9-4-7(11(12,13)14)5-10(17-9)16-8-2-3-18-6-8/h4-5,8H,2-3,6H2,1H3,(H2,15,16,17). The van der Waals surface area contributed by atoms with Crippen LogP contribution in [0.1, 0.15) is 12.0 Å². The summed E-state index contributed by atoms with van der Waals surface area (Å²) in [5.41, 5.74) is -0.719. The van der Waals surface area contributed by atoms with Crippen LogP contribution in [0.25, 0.3) is 0 Å². The predicted molar refractivity (Wildman–Crippen MR) is 61.6 cm³/mol. The monoisotopic (exact) mass is 261 g/mol. The van der Waals surface area contributed by atoms with Gasteiger partial charge < -0.3 is 15.4 Å². The number of pyridine rings is 1. The zero-order valence-electron chi connectivity index (χ0n) is 9.84. The molecule has 2 N–H and O–H groups in total. The maximum atomic E-state index is 12.7. The molecule has 0 amide bonds. The molecule has 2 heterocycles. The average molecular weight is 261 g/mol. The summed E-state index contributed by atoms with van der Waals surface area (Å²) in [5, 5.41) is 5.57. The highest BCUT2D eigenvalue weighted by molar-refractivity contribution is 5.50. The molecule has 1 aliphatic rings. The molecule has 100 valence electrons. The van der Waals surface area contributed by atoms with E-state index >= 15 is 0 Å². The lowest BCUT2D eigenvalue weighted by molar-refractivity contribution is -0.137. The van der Waals surface area contributed by atoms with Crippen molar-refractivity contribution in [3.63, 3.8) is 0 Å². The first-order valence-corrected chi connectivity index (χ1v) is 5.60. The topological polar surface area (TPSA) is 46.2 Å². The number of anilines is 2. The van der Waals surface area contributed by atoms with Crippen LogP contribution in [0.4, 0.5) is 24.8 Å². The molecule has 1 aromatic heterocycles. The van der Waals surface area contributed by atoms with Gasteiger partial charge in [0.2, 0.25) is 0 Å². The van der Waals surface area contributed by atoms with Crippen LogP contribution in [0.3, 0.4) is 0 Å². The lowest BCUT2D eigenvalue weighted by Crippen LogP contribution is -2.20. The molecule has 1 atom stereocenters. The van der Waals surface area contributed by atoms with Crippen LogP contribution in [0.15, 0.2) is 12.1 Å². The van der Waals surface area contributed by atoms with Crippen LogP contribution in [-0.4, -0.2) is 31.3 Å². The highest BCUT2D eigenvalue weighted by Crippen LogP contribution is 2.32. The fraction of sp³-hybridized carbons (Fsp3) is 0.545. The van der Waals surface area contributed by atoms with Gasteiger partial charge in [-0.15, -0.1) is 0 Å². The lowest BCUT2D eigenvalue weighted by Gasteiger charge is -2.15. The Morgan fingerprint density at radius 3 is 2.61 bits per heavy atom. The number of aromatic nitrogens is 1. The lowest BCUT2D eigenvalue weighted by atomic mass is 10.2. The second kappa shape index (κ2) is 5.01. The number of nitrogens with zero attached hydrogens (tertiary/aromatic N) is 1. The Labute approximate surface area is 103 Å². The van der Waals surface area contributed by atoms with E-state index in [0.717, 1.165) is 18.6 Å². The molecular formula is C11H14F3N3O.